The predicted octanol–water partition coefficient (Wildman–Crippen LogP) is 2.10. The molecule has 1 atom stereocenters. The number of hydrogen-bond donors (Lipinski definition) is 0. The van der Waals surface area contributed by atoms with Crippen LogP contribution in [0.3, 0.4) is 0 Å². The summed E-state index contributed by atoms with van der Waals surface area (Å²) in [5, 5.41) is 0. The second kappa shape index (κ2) is 7.73. The van der Waals surface area contributed by atoms with E-state index in [1.165, 1.54) is 17.6 Å². The summed E-state index contributed by atoms with van der Waals surface area (Å²) in [6.45, 7) is 4.34. The summed E-state index contributed by atoms with van der Waals surface area (Å²) >= 11 is 1.49. The van der Waals surface area contributed by atoms with Crippen molar-refractivity contribution in [3.05, 3.63) is 21.9 Å². The minimum atomic E-state index is -3.33. The molecule has 1 aromatic rings. The summed E-state index contributed by atoms with van der Waals surface area (Å²) in [6.07, 6.45) is 4.36. The maximum atomic E-state index is 12.8. The maximum Gasteiger partial charge on any atom is 0.263 e. The van der Waals surface area contributed by atoms with Gasteiger partial charge in [0.05, 0.1) is 11.1 Å². The third kappa shape index (κ3) is 4.42. The number of rotatable bonds is 4. The zero-order chi connectivity index (χ0) is 18.0. The Morgan fingerprint density at radius 1 is 1.24 bits per heavy atom. The van der Waals surface area contributed by atoms with Crippen LogP contribution in [0.25, 0.3) is 0 Å². The Balaban J connectivity index is 1.76. The van der Waals surface area contributed by atoms with Gasteiger partial charge >= 0.3 is 0 Å². The van der Waals surface area contributed by atoms with E-state index < -0.39 is 10.0 Å². The molecule has 3 rings (SSSR count). The van der Waals surface area contributed by atoms with Crippen LogP contribution in [0, 0.1) is 6.92 Å². The van der Waals surface area contributed by atoms with Crippen molar-refractivity contribution < 1.29 is 17.9 Å². The van der Waals surface area contributed by atoms with Crippen molar-refractivity contribution in [1.29, 1.82) is 0 Å². The Morgan fingerprint density at radius 3 is 2.56 bits per heavy atom. The highest BCUT2D eigenvalue weighted by atomic mass is 32.2. The van der Waals surface area contributed by atoms with Crippen molar-refractivity contribution in [3.63, 3.8) is 0 Å². The molecule has 0 saturated carbocycles. The molecular weight excluding hydrogens is 360 g/mol. The van der Waals surface area contributed by atoms with E-state index in [0.29, 0.717) is 26.3 Å². The van der Waals surface area contributed by atoms with Gasteiger partial charge in [0.1, 0.15) is 0 Å². The highest BCUT2D eigenvalue weighted by molar-refractivity contribution is 7.88. The van der Waals surface area contributed by atoms with Crippen LogP contribution in [0.1, 0.15) is 40.2 Å². The van der Waals surface area contributed by atoms with Crippen LogP contribution in [-0.2, 0) is 14.8 Å². The van der Waals surface area contributed by atoms with E-state index in [1.54, 1.807) is 4.31 Å². The number of sulfonamides is 1. The lowest BCUT2D eigenvalue weighted by molar-refractivity contribution is 0.0343. The molecule has 0 N–H and O–H groups in total. The zero-order valence-electron chi connectivity index (χ0n) is 14.8. The average molecular weight is 387 g/mol. The van der Waals surface area contributed by atoms with E-state index in [4.69, 9.17) is 4.74 Å². The van der Waals surface area contributed by atoms with Crippen molar-refractivity contribution in [2.45, 2.75) is 44.7 Å². The molecule has 1 amide bonds. The first-order valence-corrected chi connectivity index (χ1v) is 11.4. The van der Waals surface area contributed by atoms with Gasteiger partial charge in [-0.15, -0.1) is 11.3 Å². The van der Waals surface area contributed by atoms with Gasteiger partial charge in [-0.25, -0.2) is 8.42 Å². The minimum Gasteiger partial charge on any atom is -0.381 e. The number of piperidine rings is 1. The van der Waals surface area contributed by atoms with Crippen molar-refractivity contribution in [2.24, 2.45) is 0 Å². The molecule has 0 aromatic carbocycles. The van der Waals surface area contributed by atoms with Crippen LogP contribution in [-0.4, -0.2) is 68.2 Å². The third-order valence-corrected chi connectivity index (χ3v) is 7.28. The summed E-state index contributed by atoms with van der Waals surface area (Å²) in [5.74, 6) is 0.0169. The molecule has 8 heteroatoms. The molecule has 1 aromatic heterocycles. The van der Waals surface area contributed by atoms with Gasteiger partial charge < -0.3 is 9.64 Å². The number of aryl methyl sites for hydroxylation is 1. The average Bonchev–Trinajstić information content (AvgIpc) is 3.01. The summed E-state index contributed by atoms with van der Waals surface area (Å²) in [4.78, 5) is 16.4. The van der Waals surface area contributed by atoms with Crippen LogP contribution in [0.4, 0.5) is 0 Å². The van der Waals surface area contributed by atoms with Gasteiger partial charge in [0.2, 0.25) is 10.0 Å². The highest BCUT2D eigenvalue weighted by Gasteiger charge is 2.38. The molecule has 3 heterocycles. The van der Waals surface area contributed by atoms with E-state index >= 15 is 0 Å². The van der Waals surface area contributed by atoms with Crippen molar-refractivity contribution in [2.75, 3.05) is 32.6 Å². The van der Waals surface area contributed by atoms with Crippen molar-refractivity contribution >= 4 is 27.3 Å². The lowest BCUT2D eigenvalue weighted by Crippen LogP contribution is -2.55. The molecule has 0 bridgehead atoms. The number of thiophene rings is 1. The molecule has 140 valence electrons. The second-order valence-electron chi connectivity index (χ2n) is 6.89. The molecule has 2 aliphatic heterocycles. The molecule has 1 unspecified atom stereocenters. The van der Waals surface area contributed by atoms with Crippen molar-refractivity contribution in [3.8, 4) is 0 Å². The lowest BCUT2D eigenvalue weighted by atomic mass is 10.0. The number of carbonyl (C=O) groups is 1. The Bertz CT molecular complexity index is 710. The fraction of sp³-hybridized carbons (Fsp3) is 0.706. The van der Waals surface area contributed by atoms with Gasteiger partial charge in [-0.05, 0) is 44.7 Å². The van der Waals surface area contributed by atoms with E-state index in [1.807, 2.05) is 24.0 Å². The summed E-state index contributed by atoms with van der Waals surface area (Å²) < 4.78 is 32.0. The summed E-state index contributed by atoms with van der Waals surface area (Å²) in [7, 11) is -3.33. The highest BCUT2D eigenvalue weighted by Crippen LogP contribution is 2.27. The Hall–Kier alpha value is -0.960. The molecule has 0 radical (unpaired) electrons. The van der Waals surface area contributed by atoms with Crippen LogP contribution in [0.5, 0.6) is 0 Å². The Morgan fingerprint density at radius 2 is 1.96 bits per heavy atom. The second-order valence-corrected chi connectivity index (χ2v) is 10.1. The van der Waals surface area contributed by atoms with Gasteiger partial charge in [-0.3, -0.25) is 4.79 Å². The van der Waals surface area contributed by atoms with Gasteiger partial charge in [0.15, 0.2) is 0 Å². The SMILES string of the molecule is Cc1ccc(C(=O)N2CCCC(N(C3CCOCC3)S(C)(=O)=O)C2)s1. The fourth-order valence-corrected chi connectivity index (χ4v) is 6.13. The molecule has 0 aliphatic carbocycles. The fourth-order valence-electron chi connectivity index (χ4n) is 3.83. The van der Waals surface area contributed by atoms with Gasteiger partial charge in [0.25, 0.3) is 5.91 Å². The topological polar surface area (TPSA) is 66.9 Å². The lowest BCUT2D eigenvalue weighted by Gasteiger charge is -2.42. The molecule has 2 aliphatic rings. The Kier molecular flexibility index (Phi) is 5.82. The number of hydrogen-bond acceptors (Lipinski definition) is 5. The largest absolute Gasteiger partial charge is 0.381 e. The standard InChI is InChI=1S/C17H26N2O4S2/c1-13-5-6-16(24-13)17(20)18-9-3-4-15(12-18)19(25(2,21)22)14-7-10-23-11-8-14/h5-6,14-15H,3-4,7-12H2,1-2H3. The molecule has 0 spiro atoms. The van der Waals surface area contributed by atoms with E-state index in [-0.39, 0.29) is 18.0 Å². The van der Waals surface area contributed by atoms with E-state index in [0.717, 1.165) is 35.4 Å². The number of carbonyl (C=O) groups excluding carboxylic acids is 1. The molecule has 25 heavy (non-hydrogen) atoms. The number of nitrogens with zero attached hydrogens (tertiary/aromatic N) is 2. The molecule has 6 nitrogen and oxygen atoms in total. The molecule has 2 fully saturated rings. The van der Waals surface area contributed by atoms with E-state index in [2.05, 4.69) is 0 Å². The predicted molar refractivity (Wildman–Crippen MR) is 98.5 cm³/mol. The summed E-state index contributed by atoms with van der Waals surface area (Å²) in [5.41, 5.74) is 0. The smallest absolute Gasteiger partial charge is 0.263 e. The maximum absolute atomic E-state index is 12.8. The number of amides is 1. The van der Waals surface area contributed by atoms with Gasteiger partial charge in [-0.2, -0.15) is 4.31 Å². The van der Waals surface area contributed by atoms with Crippen LogP contribution < -0.4 is 0 Å². The number of ether oxygens (including phenoxy) is 1. The molecule has 2 saturated heterocycles. The van der Waals surface area contributed by atoms with Gasteiger partial charge in [-0.1, -0.05) is 0 Å². The van der Waals surface area contributed by atoms with Crippen LogP contribution in [0.15, 0.2) is 12.1 Å². The van der Waals surface area contributed by atoms with Crippen LogP contribution in [0.2, 0.25) is 0 Å². The first kappa shape index (κ1) is 18.8. The van der Waals surface area contributed by atoms with Crippen LogP contribution >= 0.6 is 11.3 Å². The first-order valence-electron chi connectivity index (χ1n) is 8.78. The quantitative estimate of drug-likeness (QED) is 0.795. The minimum absolute atomic E-state index is 0.0169. The normalized spacial score (nSPS) is 23.2. The van der Waals surface area contributed by atoms with E-state index in [9.17, 15) is 13.2 Å². The summed E-state index contributed by atoms with van der Waals surface area (Å²) in [6, 6.07) is 3.65. The number of likely N-dealkylation sites (tertiary alicyclic amines) is 1. The zero-order valence-corrected chi connectivity index (χ0v) is 16.4. The molecular formula is C17H26N2O4S2. The first-order chi connectivity index (χ1) is 11.9. The third-order valence-electron chi connectivity index (χ3n) is 4.93. The van der Waals surface area contributed by atoms with Gasteiger partial charge in [0, 0.05) is 43.3 Å². The Labute approximate surface area is 153 Å². The van der Waals surface area contributed by atoms with Crippen molar-refractivity contribution in [1.82, 2.24) is 9.21 Å². The monoisotopic (exact) mass is 386 g/mol.